The number of carbonyl (C=O) groups is 2. The number of amides is 2. The van der Waals surface area contributed by atoms with Crippen molar-refractivity contribution in [2.75, 3.05) is 25.0 Å². The SMILES string of the molecule is CC1CCN([C@H](CNC(=O)c2ccc(NC(=O)c3ccncc3)cc2)C(C)C)CC1. The second-order valence-electron chi connectivity index (χ2n) is 8.51. The average molecular weight is 409 g/mol. The number of rotatable bonds is 7. The van der Waals surface area contributed by atoms with E-state index in [4.69, 9.17) is 0 Å². The van der Waals surface area contributed by atoms with Crippen LogP contribution < -0.4 is 10.6 Å². The van der Waals surface area contributed by atoms with Crippen LogP contribution in [0.25, 0.3) is 0 Å². The maximum Gasteiger partial charge on any atom is 0.255 e. The highest BCUT2D eigenvalue weighted by Crippen LogP contribution is 2.21. The maximum atomic E-state index is 12.6. The van der Waals surface area contributed by atoms with Crippen molar-refractivity contribution < 1.29 is 9.59 Å². The molecule has 1 atom stereocenters. The fourth-order valence-electron chi connectivity index (χ4n) is 3.86. The van der Waals surface area contributed by atoms with Gasteiger partial charge in [0.25, 0.3) is 11.8 Å². The third-order valence-electron chi connectivity index (χ3n) is 5.88. The third-order valence-corrected chi connectivity index (χ3v) is 5.88. The van der Waals surface area contributed by atoms with Gasteiger partial charge in [0.2, 0.25) is 0 Å². The molecule has 0 spiro atoms. The van der Waals surface area contributed by atoms with Crippen LogP contribution in [0.15, 0.2) is 48.8 Å². The van der Waals surface area contributed by atoms with Crippen molar-refractivity contribution in [3.05, 3.63) is 59.9 Å². The molecule has 0 unspecified atom stereocenters. The molecule has 160 valence electrons. The van der Waals surface area contributed by atoms with Gasteiger partial charge in [-0.2, -0.15) is 0 Å². The number of benzene rings is 1. The molecule has 1 saturated heterocycles. The van der Waals surface area contributed by atoms with Crippen LogP contribution >= 0.6 is 0 Å². The van der Waals surface area contributed by atoms with Gasteiger partial charge >= 0.3 is 0 Å². The molecule has 0 bridgehead atoms. The van der Waals surface area contributed by atoms with E-state index in [1.54, 1.807) is 48.8 Å². The summed E-state index contributed by atoms with van der Waals surface area (Å²) >= 11 is 0. The van der Waals surface area contributed by atoms with Crippen LogP contribution in [0.3, 0.4) is 0 Å². The van der Waals surface area contributed by atoms with E-state index in [2.05, 4.69) is 41.3 Å². The Hall–Kier alpha value is -2.73. The van der Waals surface area contributed by atoms with E-state index >= 15 is 0 Å². The van der Waals surface area contributed by atoms with E-state index in [-0.39, 0.29) is 11.8 Å². The van der Waals surface area contributed by atoms with Crippen LogP contribution in [0.5, 0.6) is 0 Å². The lowest BCUT2D eigenvalue weighted by Crippen LogP contribution is -2.49. The number of hydrogen-bond donors (Lipinski definition) is 2. The smallest absolute Gasteiger partial charge is 0.255 e. The Kier molecular flexibility index (Phi) is 7.57. The number of carbonyl (C=O) groups excluding carboxylic acids is 2. The average Bonchev–Trinajstić information content (AvgIpc) is 2.76. The summed E-state index contributed by atoms with van der Waals surface area (Å²) in [6.45, 7) is 9.60. The van der Waals surface area contributed by atoms with E-state index in [0.29, 0.717) is 35.3 Å². The monoisotopic (exact) mass is 408 g/mol. The molecule has 6 nitrogen and oxygen atoms in total. The molecule has 3 rings (SSSR count). The summed E-state index contributed by atoms with van der Waals surface area (Å²) in [6.07, 6.45) is 5.61. The lowest BCUT2D eigenvalue weighted by molar-refractivity contribution is 0.0863. The van der Waals surface area contributed by atoms with E-state index in [1.165, 1.54) is 12.8 Å². The van der Waals surface area contributed by atoms with Crippen molar-refractivity contribution in [3.8, 4) is 0 Å². The molecule has 0 aliphatic carbocycles. The Morgan fingerprint density at radius 2 is 1.60 bits per heavy atom. The molecular formula is C24H32N4O2. The zero-order valence-electron chi connectivity index (χ0n) is 18.1. The molecule has 2 amide bonds. The van der Waals surface area contributed by atoms with Gasteiger partial charge in [0, 0.05) is 41.8 Å². The lowest BCUT2D eigenvalue weighted by Gasteiger charge is -2.38. The van der Waals surface area contributed by atoms with Crippen molar-refractivity contribution in [2.24, 2.45) is 11.8 Å². The summed E-state index contributed by atoms with van der Waals surface area (Å²) in [6, 6.07) is 10.6. The van der Waals surface area contributed by atoms with Crippen molar-refractivity contribution in [2.45, 2.75) is 39.7 Å². The number of hydrogen-bond acceptors (Lipinski definition) is 4. The molecule has 0 saturated carbocycles. The molecule has 2 heterocycles. The van der Waals surface area contributed by atoms with E-state index in [1.807, 2.05) is 0 Å². The highest BCUT2D eigenvalue weighted by Gasteiger charge is 2.26. The second kappa shape index (κ2) is 10.3. The number of nitrogens with one attached hydrogen (secondary N) is 2. The number of anilines is 1. The first-order valence-corrected chi connectivity index (χ1v) is 10.8. The fraction of sp³-hybridized carbons (Fsp3) is 0.458. The molecule has 1 aliphatic rings. The Bertz CT molecular complexity index is 828. The van der Waals surface area contributed by atoms with E-state index < -0.39 is 0 Å². The van der Waals surface area contributed by atoms with Crippen LogP contribution in [-0.2, 0) is 0 Å². The standard InChI is InChI=1S/C24H32N4O2/c1-17(2)22(28-14-10-18(3)11-15-28)16-26-23(29)19-4-6-21(7-5-19)27-24(30)20-8-12-25-13-9-20/h4-9,12-13,17-18,22H,10-11,14-16H2,1-3H3,(H,26,29)(H,27,30)/t22-/m1/s1. The minimum absolute atomic E-state index is 0.0852. The Labute approximate surface area is 179 Å². The van der Waals surface area contributed by atoms with Gasteiger partial charge in [0.05, 0.1) is 0 Å². The lowest BCUT2D eigenvalue weighted by atomic mass is 9.94. The second-order valence-corrected chi connectivity index (χ2v) is 8.51. The first-order valence-electron chi connectivity index (χ1n) is 10.8. The quantitative estimate of drug-likeness (QED) is 0.730. The normalized spacial score (nSPS) is 16.3. The number of nitrogens with zero attached hydrogens (tertiary/aromatic N) is 2. The number of piperidine rings is 1. The molecule has 6 heteroatoms. The van der Waals surface area contributed by atoms with Crippen LogP contribution in [0.4, 0.5) is 5.69 Å². The maximum absolute atomic E-state index is 12.6. The third kappa shape index (κ3) is 5.89. The van der Waals surface area contributed by atoms with Crippen LogP contribution in [0.1, 0.15) is 54.3 Å². The molecule has 2 N–H and O–H groups in total. The fourth-order valence-corrected chi connectivity index (χ4v) is 3.86. The largest absolute Gasteiger partial charge is 0.350 e. The number of pyridine rings is 1. The van der Waals surface area contributed by atoms with Gasteiger partial charge in [0.1, 0.15) is 0 Å². The minimum Gasteiger partial charge on any atom is -0.350 e. The van der Waals surface area contributed by atoms with Crippen LogP contribution in [0.2, 0.25) is 0 Å². The summed E-state index contributed by atoms with van der Waals surface area (Å²) < 4.78 is 0. The molecular weight excluding hydrogens is 376 g/mol. The van der Waals surface area contributed by atoms with Crippen molar-refractivity contribution in [1.82, 2.24) is 15.2 Å². The van der Waals surface area contributed by atoms with Gasteiger partial charge in [-0.1, -0.05) is 20.8 Å². The van der Waals surface area contributed by atoms with Gasteiger partial charge in [-0.15, -0.1) is 0 Å². The minimum atomic E-state index is -0.203. The zero-order chi connectivity index (χ0) is 21.5. The summed E-state index contributed by atoms with van der Waals surface area (Å²) in [5.41, 5.74) is 1.78. The molecule has 2 aromatic rings. The van der Waals surface area contributed by atoms with E-state index in [0.717, 1.165) is 19.0 Å². The predicted octanol–water partition coefficient (Wildman–Crippen LogP) is 3.82. The summed E-state index contributed by atoms with van der Waals surface area (Å²) in [7, 11) is 0. The predicted molar refractivity (Wildman–Crippen MR) is 120 cm³/mol. The van der Waals surface area contributed by atoms with Gasteiger partial charge in [-0.3, -0.25) is 19.5 Å². The highest BCUT2D eigenvalue weighted by molar-refractivity contribution is 6.04. The summed E-state index contributed by atoms with van der Waals surface area (Å²) in [5, 5.41) is 5.93. The van der Waals surface area contributed by atoms with Gasteiger partial charge in [-0.05, 0) is 74.2 Å². The zero-order valence-corrected chi connectivity index (χ0v) is 18.1. The van der Waals surface area contributed by atoms with Gasteiger partial charge < -0.3 is 10.6 Å². The first-order chi connectivity index (χ1) is 14.4. The van der Waals surface area contributed by atoms with Crippen molar-refractivity contribution >= 4 is 17.5 Å². The van der Waals surface area contributed by atoms with E-state index in [9.17, 15) is 9.59 Å². The number of likely N-dealkylation sites (tertiary alicyclic amines) is 1. The molecule has 1 aromatic carbocycles. The molecule has 1 aromatic heterocycles. The van der Waals surface area contributed by atoms with Gasteiger partial charge in [-0.25, -0.2) is 0 Å². The molecule has 30 heavy (non-hydrogen) atoms. The summed E-state index contributed by atoms with van der Waals surface area (Å²) in [5.74, 6) is 0.981. The Morgan fingerprint density at radius 1 is 1.00 bits per heavy atom. The highest BCUT2D eigenvalue weighted by atomic mass is 16.2. The van der Waals surface area contributed by atoms with Crippen LogP contribution in [0, 0.1) is 11.8 Å². The van der Waals surface area contributed by atoms with Crippen molar-refractivity contribution in [1.29, 1.82) is 0 Å². The molecule has 1 fully saturated rings. The summed E-state index contributed by atoms with van der Waals surface area (Å²) in [4.78, 5) is 31.3. The first kappa shape index (κ1) is 22.0. The Balaban J connectivity index is 1.54. The van der Waals surface area contributed by atoms with Gasteiger partial charge in [0.15, 0.2) is 0 Å². The van der Waals surface area contributed by atoms with Crippen LogP contribution in [-0.4, -0.2) is 47.4 Å². The topological polar surface area (TPSA) is 74.3 Å². The molecule has 0 radical (unpaired) electrons. The molecule has 1 aliphatic heterocycles. The van der Waals surface area contributed by atoms with Crippen molar-refractivity contribution in [3.63, 3.8) is 0 Å². The number of aromatic nitrogens is 1. The Morgan fingerprint density at radius 3 is 2.20 bits per heavy atom.